The van der Waals surface area contributed by atoms with Gasteiger partial charge < -0.3 is 9.84 Å². The maximum Gasteiger partial charge on any atom is 0.305 e. The average molecular weight is 371 g/mol. The molecule has 0 radical (unpaired) electrons. The van der Waals surface area contributed by atoms with Gasteiger partial charge in [-0.3, -0.25) is 9.10 Å². The molecule has 0 amide bonds. The lowest BCUT2D eigenvalue weighted by Crippen LogP contribution is -2.29. The molecule has 0 spiro atoms. The first-order valence-corrected chi connectivity index (χ1v) is 9.40. The van der Waals surface area contributed by atoms with Crippen LogP contribution in [0.25, 0.3) is 0 Å². The van der Waals surface area contributed by atoms with Gasteiger partial charge in [0.1, 0.15) is 5.75 Å². The number of hydrogen-bond donors (Lipinski definition) is 1. The molecule has 0 aliphatic carbocycles. The van der Waals surface area contributed by atoms with Crippen LogP contribution in [0.4, 0.5) is 5.69 Å². The first-order valence-electron chi connectivity index (χ1n) is 7.96. The van der Waals surface area contributed by atoms with Gasteiger partial charge >= 0.3 is 5.97 Å². The number of fused-ring (bicyclic) bond motifs is 1. The van der Waals surface area contributed by atoms with Crippen LogP contribution in [0, 0.1) is 12.3 Å². The van der Waals surface area contributed by atoms with Crippen LogP contribution in [0.3, 0.4) is 0 Å². The molecule has 1 N–H and O–H groups in total. The Kier molecular flexibility index (Phi) is 4.87. The van der Waals surface area contributed by atoms with E-state index in [0.717, 1.165) is 4.31 Å². The van der Waals surface area contributed by atoms with E-state index in [0.29, 0.717) is 30.0 Å². The highest BCUT2D eigenvalue weighted by Gasteiger charge is 2.43. The summed E-state index contributed by atoms with van der Waals surface area (Å²) in [6.45, 7) is 0.366. The Morgan fingerprint density at radius 1 is 1.19 bits per heavy atom. The predicted molar refractivity (Wildman–Crippen MR) is 96.5 cm³/mol. The number of terminal acetylenes is 1. The molecule has 26 heavy (non-hydrogen) atoms. The van der Waals surface area contributed by atoms with Crippen LogP contribution in [0.15, 0.2) is 53.4 Å². The van der Waals surface area contributed by atoms with Crippen molar-refractivity contribution in [3.8, 4) is 18.1 Å². The molecule has 1 unspecified atom stereocenters. The summed E-state index contributed by atoms with van der Waals surface area (Å²) in [5.41, 5.74) is 0.876. The zero-order valence-corrected chi connectivity index (χ0v) is 14.6. The third kappa shape index (κ3) is 3.24. The molecule has 6 nitrogen and oxygen atoms in total. The molecule has 0 fully saturated rings. The minimum absolute atomic E-state index is 0.139. The van der Waals surface area contributed by atoms with Crippen molar-refractivity contribution in [2.24, 2.45) is 0 Å². The van der Waals surface area contributed by atoms with Crippen LogP contribution in [-0.2, 0) is 14.8 Å². The number of benzene rings is 2. The van der Waals surface area contributed by atoms with E-state index in [1.165, 1.54) is 6.07 Å². The summed E-state index contributed by atoms with van der Waals surface area (Å²) in [4.78, 5) is 11.4. The Hall–Kier alpha value is -2.98. The molecule has 0 saturated carbocycles. The summed E-state index contributed by atoms with van der Waals surface area (Å²) >= 11 is 0. The van der Waals surface area contributed by atoms with E-state index in [-0.39, 0.29) is 11.3 Å². The van der Waals surface area contributed by atoms with Crippen molar-refractivity contribution in [3.05, 3.63) is 54.1 Å². The molecule has 2 aromatic carbocycles. The number of aliphatic carboxylic acids is 1. The van der Waals surface area contributed by atoms with Crippen molar-refractivity contribution in [1.82, 2.24) is 0 Å². The van der Waals surface area contributed by atoms with Crippen molar-refractivity contribution >= 4 is 21.7 Å². The molecule has 0 bridgehead atoms. The van der Waals surface area contributed by atoms with Crippen LogP contribution >= 0.6 is 0 Å². The number of rotatable bonds is 6. The lowest BCUT2D eigenvalue weighted by Gasteiger charge is -2.24. The minimum Gasteiger partial charge on any atom is -0.493 e. The quantitative estimate of drug-likeness (QED) is 0.624. The van der Waals surface area contributed by atoms with Crippen molar-refractivity contribution in [2.45, 2.75) is 23.8 Å². The van der Waals surface area contributed by atoms with Crippen molar-refractivity contribution < 1.29 is 23.1 Å². The zero-order chi connectivity index (χ0) is 18.7. The highest BCUT2D eigenvalue weighted by Crippen LogP contribution is 2.44. The molecule has 7 heteroatoms. The standard InChI is InChI=1S/C19H17NO5S/c1-2-3-12-25-15-10-8-14(9-11-15)20-17(13-19(21)22)16-6-4-5-7-18(16)26(20,23)24/h1,4-11,17H,3,12-13H2,(H,21,22). The second-order valence-electron chi connectivity index (χ2n) is 5.75. The molecule has 1 aliphatic heterocycles. The van der Waals surface area contributed by atoms with E-state index >= 15 is 0 Å². The van der Waals surface area contributed by atoms with Crippen molar-refractivity contribution in [1.29, 1.82) is 0 Å². The van der Waals surface area contributed by atoms with Gasteiger partial charge in [-0.2, -0.15) is 0 Å². The molecule has 2 aromatic rings. The molecule has 1 heterocycles. The number of ether oxygens (including phenoxy) is 1. The number of nitrogens with zero attached hydrogens (tertiary/aromatic N) is 1. The summed E-state index contributed by atoms with van der Waals surface area (Å²) in [7, 11) is -3.83. The fourth-order valence-corrected chi connectivity index (χ4v) is 4.87. The second kappa shape index (κ2) is 7.10. The Labute approximate surface area is 152 Å². The van der Waals surface area contributed by atoms with Gasteiger partial charge in [0, 0.05) is 6.42 Å². The number of carboxylic acid groups (broad SMARTS) is 1. The second-order valence-corrected chi connectivity index (χ2v) is 7.53. The van der Waals surface area contributed by atoms with Gasteiger partial charge in [-0.05, 0) is 35.9 Å². The fourth-order valence-electron chi connectivity index (χ4n) is 2.98. The Balaban J connectivity index is 1.97. The molecule has 134 valence electrons. The monoisotopic (exact) mass is 371 g/mol. The van der Waals surface area contributed by atoms with Gasteiger partial charge in [0.2, 0.25) is 0 Å². The van der Waals surface area contributed by atoms with Crippen LogP contribution in [0.5, 0.6) is 5.75 Å². The Morgan fingerprint density at radius 2 is 1.88 bits per heavy atom. The van der Waals surface area contributed by atoms with E-state index in [1.54, 1.807) is 42.5 Å². The molecular formula is C19H17NO5S. The molecule has 1 aliphatic rings. The average Bonchev–Trinajstić information content (AvgIpc) is 2.83. The largest absolute Gasteiger partial charge is 0.493 e. The van der Waals surface area contributed by atoms with Crippen LogP contribution in [-0.4, -0.2) is 26.1 Å². The van der Waals surface area contributed by atoms with E-state index in [2.05, 4.69) is 5.92 Å². The molecule has 3 rings (SSSR count). The summed E-state index contributed by atoms with van der Waals surface area (Å²) < 4.78 is 32.5. The number of carbonyl (C=O) groups is 1. The van der Waals surface area contributed by atoms with Gasteiger partial charge in [-0.15, -0.1) is 12.3 Å². The molecule has 0 saturated heterocycles. The van der Waals surface area contributed by atoms with E-state index in [1.807, 2.05) is 0 Å². The van der Waals surface area contributed by atoms with Gasteiger partial charge in [0.25, 0.3) is 10.0 Å². The summed E-state index contributed by atoms with van der Waals surface area (Å²) in [5.74, 6) is 1.97. The highest BCUT2D eigenvalue weighted by molar-refractivity contribution is 7.93. The molecule has 1 atom stereocenters. The van der Waals surface area contributed by atoms with Crippen molar-refractivity contribution in [2.75, 3.05) is 10.9 Å². The molecular weight excluding hydrogens is 354 g/mol. The molecule has 0 aromatic heterocycles. The lowest BCUT2D eigenvalue weighted by atomic mass is 10.0. The third-order valence-electron chi connectivity index (χ3n) is 4.07. The predicted octanol–water partition coefficient (Wildman–Crippen LogP) is 2.81. The Morgan fingerprint density at radius 3 is 2.54 bits per heavy atom. The number of carboxylic acids is 1. The smallest absolute Gasteiger partial charge is 0.305 e. The van der Waals surface area contributed by atoms with Gasteiger partial charge in [0.05, 0.1) is 29.7 Å². The minimum atomic E-state index is -3.83. The third-order valence-corrected chi connectivity index (χ3v) is 5.98. The van der Waals surface area contributed by atoms with Crippen LogP contribution < -0.4 is 9.04 Å². The van der Waals surface area contributed by atoms with E-state index in [9.17, 15) is 18.3 Å². The van der Waals surface area contributed by atoms with E-state index in [4.69, 9.17) is 11.2 Å². The van der Waals surface area contributed by atoms with Gasteiger partial charge in [-0.25, -0.2) is 8.42 Å². The first kappa shape index (κ1) is 17.8. The van der Waals surface area contributed by atoms with Gasteiger partial charge in [0.15, 0.2) is 0 Å². The van der Waals surface area contributed by atoms with Crippen molar-refractivity contribution in [3.63, 3.8) is 0 Å². The normalized spacial score (nSPS) is 17.3. The fraction of sp³-hybridized carbons (Fsp3) is 0.211. The zero-order valence-electron chi connectivity index (χ0n) is 13.8. The van der Waals surface area contributed by atoms with Crippen LogP contribution in [0.1, 0.15) is 24.4 Å². The van der Waals surface area contributed by atoms with Gasteiger partial charge in [-0.1, -0.05) is 18.2 Å². The van der Waals surface area contributed by atoms with E-state index < -0.39 is 22.0 Å². The number of anilines is 1. The number of hydrogen-bond acceptors (Lipinski definition) is 4. The lowest BCUT2D eigenvalue weighted by molar-refractivity contribution is -0.137. The summed E-state index contributed by atoms with van der Waals surface area (Å²) in [5, 5.41) is 9.24. The summed E-state index contributed by atoms with van der Waals surface area (Å²) in [6.07, 6.45) is 5.32. The topological polar surface area (TPSA) is 83.9 Å². The maximum absolute atomic E-state index is 13.0. The van der Waals surface area contributed by atoms with Crippen LogP contribution in [0.2, 0.25) is 0 Å². The highest BCUT2D eigenvalue weighted by atomic mass is 32.2. The number of sulfonamides is 1. The maximum atomic E-state index is 13.0. The Bertz CT molecular complexity index is 960. The first-order chi connectivity index (χ1) is 12.4. The summed E-state index contributed by atoms with van der Waals surface area (Å²) in [6, 6.07) is 12.2. The SMILES string of the molecule is C#CCCOc1ccc(N2C(CC(=O)O)c3ccccc3S2(=O)=O)cc1.